The molecule has 1 aliphatic heterocycles. The maximum atomic E-state index is 10.2. The third-order valence-electron chi connectivity index (χ3n) is 3.29. The molecular weight excluding hydrogens is 214 g/mol. The molecule has 1 saturated heterocycles. The molecule has 1 aromatic rings. The number of morpholine rings is 1. The van der Waals surface area contributed by atoms with Gasteiger partial charge in [-0.2, -0.15) is 0 Å². The predicted molar refractivity (Wildman–Crippen MR) is 68.1 cm³/mol. The van der Waals surface area contributed by atoms with Gasteiger partial charge in [0.05, 0.1) is 18.8 Å². The first-order valence-electron chi connectivity index (χ1n) is 6.19. The maximum absolute atomic E-state index is 10.2. The Hall–Kier alpha value is -0.900. The van der Waals surface area contributed by atoms with Crippen molar-refractivity contribution in [2.75, 3.05) is 26.7 Å². The molecule has 0 saturated carbocycles. The molecule has 2 atom stereocenters. The second-order valence-corrected chi connectivity index (χ2v) is 4.93. The van der Waals surface area contributed by atoms with E-state index in [1.807, 2.05) is 0 Å². The molecule has 2 rings (SSSR count). The summed E-state index contributed by atoms with van der Waals surface area (Å²) in [5.41, 5.74) is 2.41. The van der Waals surface area contributed by atoms with Crippen LogP contribution in [0.25, 0.3) is 0 Å². The van der Waals surface area contributed by atoms with Gasteiger partial charge in [-0.3, -0.25) is 0 Å². The van der Waals surface area contributed by atoms with Crippen molar-refractivity contribution in [1.29, 1.82) is 0 Å². The maximum Gasteiger partial charge on any atom is 0.0964 e. The second kappa shape index (κ2) is 5.63. The molecule has 0 radical (unpaired) electrons. The highest BCUT2D eigenvalue weighted by Crippen LogP contribution is 2.13. The van der Waals surface area contributed by atoms with Gasteiger partial charge in [-0.1, -0.05) is 29.8 Å². The number of rotatable bonds is 3. The standard InChI is InChI=1S/C14H21NO2/c1-11-3-5-12(6-4-11)9-13(16)14-10-15(2)7-8-17-14/h3-6,13-14,16H,7-10H2,1-2H3. The summed E-state index contributed by atoms with van der Waals surface area (Å²) in [5.74, 6) is 0. The molecule has 0 spiro atoms. The molecule has 1 heterocycles. The molecule has 0 aromatic heterocycles. The van der Waals surface area contributed by atoms with Gasteiger partial charge in [-0.15, -0.1) is 0 Å². The SMILES string of the molecule is Cc1ccc(CC(O)C2CN(C)CCO2)cc1. The largest absolute Gasteiger partial charge is 0.390 e. The molecule has 1 aromatic carbocycles. The van der Waals surface area contributed by atoms with Crippen molar-refractivity contribution in [2.24, 2.45) is 0 Å². The summed E-state index contributed by atoms with van der Waals surface area (Å²) in [7, 11) is 2.06. The lowest BCUT2D eigenvalue weighted by Gasteiger charge is -2.33. The minimum absolute atomic E-state index is 0.0601. The summed E-state index contributed by atoms with van der Waals surface area (Å²) < 4.78 is 5.61. The number of benzene rings is 1. The third-order valence-corrected chi connectivity index (χ3v) is 3.29. The van der Waals surface area contributed by atoms with Crippen molar-refractivity contribution in [3.05, 3.63) is 35.4 Å². The van der Waals surface area contributed by atoms with Crippen molar-refractivity contribution >= 4 is 0 Å². The number of hydrogen-bond acceptors (Lipinski definition) is 3. The van der Waals surface area contributed by atoms with Crippen LogP contribution in [0, 0.1) is 6.92 Å². The van der Waals surface area contributed by atoms with E-state index in [0.29, 0.717) is 13.0 Å². The molecule has 94 valence electrons. The van der Waals surface area contributed by atoms with Crippen LogP contribution in [0.2, 0.25) is 0 Å². The summed E-state index contributed by atoms with van der Waals surface area (Å²) in [5, 5.41) is 10.2. The smallest absolute Gasteiger partial charge is 0.0964 e. The fourth-order valence-corrected chi connectivity index (χ4v) is 2.14. The molecular formula is C14H21NO2. The zero-order chi connectivity index (χ0) is 12.3. The molecule has 17 heavy (non-hydrogen) atoms. The van der Waals surface area contributed by atoms with Crippen LogP contribution in [0.3, 0.4) is 0 Å². The normalized spacial score (nSPS) is 23.6. The molecule has 3 nitrogen and oxygen atoms in total. The highest BCUT2D eigenvalue weighted by atomic mass is 16.5. The highest BCUT2D eigenvalue weighted by molar-refractivity contribution is 5.22. The molecule has 1 fully saturated rings. The van der Waals surface area contributed by atoms with Gasteiger partial charge in [0.1, 0.15) is 0 Å². The van der Waals surface area contributed by atoms with E-state index < -0.39 is 6.10 Å². The average molecular weight is 235 g/mol. The van der Waals surface area contributed by atoms with Crippen LogP contribution in [0.4, 0.5) is 0 Å². The quantitative estimate of drug-likeness (QED) is 0.855. The lowest BCUT2D eigenvalue weighted by Crippen LogP contribution is -2.46. The van der Waals surface area contributed by atoms with E-state index in [9.17, 15) is 5.11 Å². The minimum Gasteiger partial charge on any atom is -0.390 e. The van der Waals surface area contributed by atoms with Crippen LogP contribution in [0.5, 0.6) is 0 Å². The Labute approximate surface area is 103 Å². The third kappa shape index (κ3) is 3.53. The van der Waals surface area contributed by atoms with E-state index >= 15 is 0 Å². The lowest BCUT2D eigenvalue weighted by atomic mass is 10.0. The molecule has 1 N–H and O–H groups in total. The van der Waals surface area contributed by atoms with E-state index in [2.05, 4.69) is 43.1 Å². The lowest BCUT2D eigenvalue weighted by molar-refractivity contribution is -0.0823. The van der Waals surface area contributed by atoms with Crippen molar-refractivity contribution in [3.8, 4) is 0 Å². The van der Waals surface area contributed by atoms with Gasteiger partial charge >= 0.3 is 0 Å². The summed E-state index contributed by atoms with van der Waals surface area (Å²) in [6.07, 6.45) is 0.189. The zero-order valence-corrected chi connectivity index (χ0v) is 10.6. The number of aliphatic hydroxyl groups is 1. The number of nitrogens with zero attached hydrogens (tertiary/aromatic N) is 1. The van der Waals surface area contributed by atoms with Gasteiger partial charge in [0.15, 0.2) is 0 Å². The Kier molecular flexibility index (Phi) is 4.15. The van der Waals surface area contributed by atoms with Crippen LogP contribution in [0.15, 0.2) is 24.3 Å². The van der Waals surface area contributed by atoms with Gasteiger partial charge in [-0.05, 0) is 19.5 Å². The average Bonchev–Trinajstić information content (AvgIpc) is 2.32. The molecule has 3 heteroatoms. The number of hydrogen-bond donors (Lipinski definition) is 1. The Balaban J connectivity index is 1.91. The van der Waals surface area contributed by atoms with Crippen molar-refractivity contribution in [1.82, 2.24) is 4.90 Å². The number of aliphatic hydroxyl groups excluding tert-OH is 1. The second-order valence-electron chi connectivity index (χ2n) is 4.93. The summed E-state index contributed by atoms with van der Waals surface area (Å²) >= 11 is 0. The monoisotopic (exact) mass is 235 g/mol. The van der Waals surface area contributed by atoms with Crippen LogP contribution in [-0.2, 0) is 11.2 Å². The first-order valence-corrected chi connectivity index (χ1v) is 6.19. The summed E-state index contributed by atoms with van der Waals surface area (Å²) in [4.78, 5) is 2.20. The first kappa shape index (κ1) is 12.6. The van der Waals surface area contributed by atoms with Gasteiger partial charge in [0, 0.05) is 19.5 Å². The van der Waals surface area contributed by atoms with Crippen LogP contribution in [0.1, 0.15) is 11.1 Å². The zero-order valence-electron chi connectivity index (χ0n) is 10.6. The van der Waals surface area contributed by atoms with Gasteiger partial charge in [0.25, 0.3) is 0 Å². The number of likely N-dealkylation sites (N-methyl/N-ethyl adjacent to an activating group) is 1. The van der Waals surface area contributed by atoms with Crippen LogP contribution < -0.4 is 0 Å². The Morgan fingerprint density at radius 2 is 2.12 bits per heavy atom. The molecule has 0 bridgehead atoms. The summed E-state index contributed by atoms with van der Waals surface area (Å²) in [6.45, 7) is 4.55. The fraction of sp³-hybridized carbons (Fsp3) is 0.571. The van der Waals surface area contributed by atoms with Crippen LogP contribution in [-0.4, -0.2) is 49.0 Å². The number of aryl methyl sites for hydroxylation is 1. The number of ether oxygens (including phenoxy) is 1. The van der Waals surface area contributed by atoms with E-state index in [1.165, 1.54) is 11.1 Å². The molecule has 2 unspecified atom stereocenters. The van der Waals surface area contributed by atoms with Gasteiger partial charge in [0.2, 0.25) is 0 Å². The van der Waals surface area contributed by atoms with Gasteiger partial charge < -0.3 is 14.7 Å². The Bertz CT molecular complexity index is 350. The Morgan fingerprint density at radius 1 is 1.41 bits per heavy atom. The summed E-state index contributed by atoms with van der Waals surface area (Å²) in [6, 6.07) is 8.31. The van der Waals surface area contributed by atoms with Crippen molar-refractivity contribution < 1.29 is 9.84 Å². The van der Waals surface area contributed by atoms with Gasteiger partial charge in [-0.25, -0.2) is 0 Å². The molecule has 0 aliphatic carbocycles. The predicted octanol–water partition coefficient (Wildman–Crippen LogP) is 1.23. The first-order chi connectivity index (χ1) is 8.15. The van der Waals surface area contributed by atoms with Crippen molar-refractivity contribution in [3.63, 3.8) is 0 Å². The molecule has 0 amide bonds. The molecule has 1 aliphatic rings. The van der Waals surface area contributed by atoms with E-state index in [1.54, 1.807) is 0 Å². The highest BCUT2D eigenvalue weighted by Gasteiger charge is 2.25. The fourth-order valence-electron chi connectivity index (χ4n) is 2.14. The topological polar surface area (TPSA) is 32.7 Å². The van der Waals surface area contributed by atoms with Crippen LogP contribution >= 0.6 is 0 Å². The minimum atomic E-state index is -0.416. The van der Waals surface area contributed by atoms with E-state index in [-0.39, 0.29) is 6.10 Å². The Morgan fingerprint density at radius 3 is 2.76 bits per heavy atom. The van der Waals surface area contributed by atoms with Crippen molar-refractivity contribution in [2.45, 2.75) is 25.6 Å². The van der Waals surface area contributed by atoms with E-state index in [0.717, 1.165) is 13.1 Å². The van der Waals surface area contributed by atoms with E-state index in [4.69, 9.17) is 4.74 Å².